The lowest BCUT2D eigenvalue weighted by atomic mass is 9.89. The summed E-state index contributed by atoms with van der Waals surface area (Å²) >= 11 is 0. The van der Waals surface area contributed by atoms with Gasteiger partial charge in [0.05, 0.1) is 23.1 Å². The molecule has 37 heavy (non-hydrogen) atoms. The molecule has 0 N–H and O–H groups in total. The van der Waals surface area contributed by atoms with E-state index >= 15 is 0 Å². The third-order valence-electron chi connectivity index (χ3n) is 5.45. The molecule has 0 aromatic carbocycles. The molecule has 12 nitrogen and oxygen atoms in total. The Kier molecular flexibility index (Phi) is 11.8. The molecule has 1 fully saturated rings. The van der Waals surface area contributed by atoms with Gasteiger partial charge in [-0.25, -0.2) is 0 Å². The van der Waals surface area contributed by atoms with Gasteiger partial charge in [-0.05, 0) is 48.5 Å². The number of hydrogen-bond acceptors (Lipinski definition) is 12. The second-order valence-corrected chi connectivity index (χ2v) is 13.1. The van der Waals surface area contributed by atoms with Gasteiger partial charge in [0.15, 0.2) is 6.10 Å². The van der Waals surface area contributed by atoms with Gasteiger partial charge in [-0.15, -0.1) is 0 Å². The van der Waals surface area contributed by atoms with Crippen LogP contribution in [0.4, 0.5) is 0 Å². The van der Waals surface area contributed by atoms with Crippen molar-refractivity contribution >= 4 is 31.5 Å². The first-order valence-electron chi connectivity index (χ1n) is 12.0. The van der Waals surface area contributed by atoms with Crippen LogP contribution in [0.15, 0.2) is 0 Å². The molecule has 0 aromatic heterocycles. The van der Waals surface area contributed by atoms with Gasteiger partial charge in [0.2, 0.25) is 13.6 Å². The SMILES string of the molecule is CC(=O)O[C@@H]1[C@H](C)[C@H](C)O[C@@H](CP(=O)(OCOC(=O)C(C)(C)C)OCOC(=O)C(C)(C)C)[C@H]1OC(C)=O. The van der Waals surface area contributed by atoms with Gasteiger partial charge in [0, 0.05) is 19.8 Å². The fourth-order valence-electron chi connectivity index (χ4n) is 3.22. The Morgan fingerprint density at radius 3 is 1.54 bits per heavy atom. The van der Waals surface area contributed by atoms with Gasteiger partial charge in [0.1, 0.15) is 12.2 Å². The Bertz CT molecular complexity index is 836. The molecular weight excluding hydrogens is 511 g/mol. The van der Waals surface area contributed by atoms with E-state index in [1.165, 1.54) is 13.8 Å². The van der Waals surface area contributed by atoms with Crippen LogP contribution in [0.1, 0.15) is 69.2 Å². The third kappa shape index (κ3) is 10.7. The highest BCUT2D eigenvalue weighted by Crippen LogP contribution is 2.51. The number of ether oxygens (including phenoxy) is 5. The zero-order chi connectivity index (χ0) is 28.8. The molecule has 0 aromatic rings. The maximum Gasteiger partial charge on any atom is 0.339 e. The van der Waals surface area contributed by atoms with Gasteiger partial charge in [-0.2, -0.15) is 0 Å². The zero-order valence-electron chi connectivity index (χ0n) is 23.4. The molecule has 1 rings (SSSR count). The first kappa shape index (κ1) is 33.0. The summed E-state index contributed by atoms with van der Waals surface area (Å²) in [7, 11) is -4.20. The van der Waals surface area contributed by atoms with Crippen molar-refractivity contribution in [1.29, 1.82) is 0 Å². The van der Waals surface area contributed by atoms with E-state index in [1.54, 1.807) is 55.4 Å². The Hall–Kier alpha value is -2.01. The van der Waals surface area contributed by atoms with Crippen LogP contribution < -0.4 is 0 Å². The molecule has 0 saturated carbocycles. The molecule has 1 saturated heterocycles. The summed E-state index contributed by atoms with van der Waals surface area (Å²) in [6, 6.07) is 0. The number of hydrogen-bond donors (Lipinski definition) is 0. The number of rotatable bonds is 10. The molecule has 0 bridgehead atoms. The summed E-state index contributed by atoms with van der Waals surface area (Å²) in [5, 5.41) is 0. The molecule has 1 aliphatic heterocycles. The smallest absolute Gasteiger partial charge is 0.339 e. The fraction of sp³-hybridized carbons (Fsp3) is 0.833. The number of esters is 4. The van der Waals surface area contributed by atoms with E-state index < -0.39 is 86.5 Å². The van der Waals surface area contributed by atoms with E-state index in [4.69, 9.17) is 32.7 Å². The lowest BCUT2D eigenvalue weighted by Gasteiger charge is -2.44. The molecule has 0 unspecified atom stereocenters. The van der Waals surface area contributed by atoms with Gasteiger partial charge in [-0.1, -0.05) is 6.92 Å². The highest BCUT2D eigenvalue weighted by Gasteiger charge is 2.49. The van der Waals surface area contributed by atoms with Crippen molar-refractivity contribution in [3.8, 4) is 0 Å². The lowest BCUT2D eigenvalue weighted by molar-refractivity contribution is -0.216. The Labute approximate surface area is 218 Å². The predicted octanol–water partition coefficient (Wildman–Crippen LogP) is 3.59. The summed E-state index contributed by atoms with van der Waals surface area (Å²) in [5.74, 6) is -2.86. The summed E-state index contributed by atoms with van der Waals surface area (Å²) in [6.45, 7) is 14.2. The zero-order valence-corrected chi connectivity index (χ0v) is 24.2. The number of carbonyl (C=O) groups is 4. The average Bonchev–Trinajstić information content (AvgIpc) is 2.72. The van der Waals surface area contributed by atoms with E-state index in [9.17, 15) is 23.7 Å². The van der Waals surface area contributed by atoms with E-state index in [1.807, 2.05) is 0 Å². The van der Waals surface area contributed by atoms with Crippen molar-refractivity contribution in [3.05, 3.63) is 0 Å². The first-order valence-corrected chi connectivity index (χ1v) is 13.7. The lowest BCUT2D eigenvalue weighted by Crippen LogP contribution is -2.57. The predicted molar refractivity (Wildman–Crippen MR) is 130 cm³/mol. The second kappa shape index (κ2) is 13.2. The van der Waals surface area contributed by atoms with Crippen LogP contribution in [0.3, 0.4) is 0 Å². The van der Waals surface area contributed by atoms with Crippen molar-refractivity contribution in [2.45, 2.75) is 93.7 Å². The topological polar surface area (TPSA) is 150 Å². The van der Waals surface area contributed by atoms with Gasteiger partial charge >= 0.3 is 31.5 Å². The minimum atomic E-state index is -4.20. The molecule has 0 aliphatic carbocycles. The molecule has 0 amide bonds. The van der Waals surface area contributed by atoms with Crippen LogP contribution in [0.25, 0.3) is 0 Å². The Morgan fingerprint density at radius 2 is 1.16 bits per heavy atom. The Balaban J connectivity index is 3.19. The van der Waals surface area contributed by atoms with Gasteiger partial charge in [-0.3, -0.25) is 32.8 Å². The molecule has 0 radical (unpaired) electrons. The second-order valence-electron chi connectivity index (χ2n) is 11.0. The van der Waals surface area contributed by atoms with Crippen LogP contribution in [0.5, 0.6) is 0 Å². The molecule has 13 heteroatoms. The van der Waals surface area contributed by atoms with E-state index in [2.05, 4.69) is 0 Å². The molecular formula is C24H41O12P. The monoisotopic (exact) mass is 552 g/mol. The molecule has 214 valence electrons. The highest BCUT2D eigenvalue weighted by atomic mass is 31.2. The molecule has 5 atom stereocenters. The highest BCUT2D eigenvalue weighted by molar-refractivity contribution is 7.53. The van der Waals surface area contributed by atoms with E-state index in [-0.39, 0.29) is 5.92 Å². The average molecular weight is 553 g/mol. The van der Waals surface area contributed by atoms with Gasteiger partial charge in [0.25, 0.3) is 0 Å². The minimum Gasteiger partial charge on any atom is -0.458 e. The normalized spacial score (nSPS) is 24.6. The quantitative estimate of drug-likeness (QED) is 0.169. The summed E-state index contributed by atoms with van der Waals surface area (Å²) in [6.07, 6.45) is -4.11. The number of carbonyl (C=O) groups excluding carboxylic acids is 4. The Morgan fingerprint density at radius 1 is 0.757 bits per heavy atom. The first-order chi connectivity index (χ1) is 16.8. The summed E-state index contributed by atoms with van der Waals surface area (Å²) in [5.41, 5.74) is -1.68. The minimum absolute atomic E-state index is 0.369. The van der Waals surface area contributed by atoms with Crippen molar-refractivity contribution in [2.24, 2.45) is 16.7 Å². The standard InChI is InChI=1S/C24H41O12P/c1-14-15(2)34-18(20(36-17(4)26)19(14)35-16(3)25)11-37(29,32-12-30-21(27)23(5,6)7)33-13-31-22(28)24(8,9)10/h14-15,18-20H,11-13H2,1-10H3/t14-,15+,18+,19-,20-/m1/s1. The van der Waals surface area contributed by atoms with Crippen LogP contribution >= 0.6 is 7.60 Å². The van der Waals surface area contributed by atoms with Crippen molar-refractivity contribution in [1.82, 2.24) is 0 Å². The van der Waals surface area contributed by atoms with Crippen LogP contribution in [-0.4, -0.2) is 68.0 Å². The van der Waals surface area contributed by atoms with Crippen molar-refractivity contribution in [3.63, 3.8) is 0 Å². The maximum absolute atomic E-state index is 13.7. The van der Waals surface area contributed by atoms with Crippen LogP contribution in [0, 0.1) is 16.7 Å². The van der Waals surface area contributed by atoms with Crippen molar-refractivity contribution in [2.75, 3.05) is 19.7 Å². The molecule has 1 aliphatic rings. The van der Waals surface area contributed by atoms with E-state index in [0.29, 0.717) is 0 Å². The summed E-state index contributed by atoms with van der Waals surface area (Å²) < 4.78 is 51.4. The largest absolute Gasteiger partial charge is 0.458 e. The van der Waals surface area contributed by atoms with Crippen LogP contribution in [0.2, 0.25) is 0 Å². The third-order valence-corrected chi connectivity index (χ3v) is 7.25. The van der Waals surface area contributed by atoms with Crippen LogP contribution in [-0.2, 0) is 56.5 Å². The summed E-state index contributed by atoms with van der Waals surface area (Å²) in [4.78, 5) is 47.9. The van der Waals surface area contributed by atoms with E-state index in [0.717, 1.165) is 0 Å². The maximum atomic E-state index is 13.7. The van der Waals surface area contributed by atoms with Crippen molar-refractivity contribution < 1.29 is 56.5 Å². The molecule has 1 heterocycles. The molecule has 0 spiro atoms. The van der Waals surface area contributed by atoms with Gasteiger partial charge < -0.3 is 23.7 Å². The fourth-order valence-corrected chi connectivity index (χ4v) is 4.67.